The van der Waals surface area contributed by atoms with Crippen LogP contribution >= 0.6 is 11.6 Å². The summed E-state index contributed by atoms with van der Waals surface area (Å²) in [7, 11) is 1.79. The fourth-order valence-corrected chi connectivity index (χ4v) is 1.97. The van der Waals surface area contributed by atoms with E-state index < -0.39 is 0 Å². The first-order valence-corrected chi connectivity index (χ1v) is 5.47. The van der Waals surface area contributed by atoms with Crippen molar-refractivity contribution < 1.29 is 4.79 Å². The molecule has 1 saturated heterocycles. The Morgan fingerprint density at radius 1 is 1.56 bits per heavy atom. The van der Waals surface area contributed by atoms with E-state index in [2.05, 4.69) is 15.3 Å². The lowest BCUT2D eigenvalue weighted by Gasteiger charge is -2.12. The number of hydrogen-bond donors (Lipinski definition) is 1. The van der Waals surface area contributed by atoms with Crippen molar-refractivity contribution in [1.29, 1.82) is 0 Å². The smallest absolute Gasteiger partial charge is 0.244 e. The van der Waals surface area contributed by atoms with Gasteiger partial charge < -0.3 is 10.2 Å². The molecule has 0 spiro atoms. The Kier molecular flexibility index (Phi) is 2.96. The minimum atomic E-state index is -0.199. The Morgan fingerprint density at radius 3 is 2.88 bits per heavy atom. The number of likely N-dealkylation sites (N-methyl/N-ethyl adjacent to an activating group) is 1. The van der Waals surface area contributed by atoms with Gasteiger partial charge in [0.15, 0.2) is 0 Å². The number of likely N-dealkylation sites (tertiary alicyclic amines) is 1. The summed E-state index contributed by atoms with van der Waals surface area (Å²) in [5.41, 5.74) is 0. The average molecular weight is 241 g/mol. The van der Waals surface area contributed by atoms with Crippen LogP contribution in [-0.2, 0) is 4.79 Å². The molecule has 1 aliphatic heterocycles. The van der Waals surface area contributed by atoms with Gasteiger partial charge in [0.1, 0.15) is 22.8 Å². The lowest BCUT2D eigenvalue weighted by molar-refractivity contribution is -0.127. The topological polar surface area (TPSA) is 58.1 Å². The van der Waals surface area contributed by atoms with Gasteiger partial charge in [0.2, 0.25) is 5.91 Å². The Labute approximate surface area is 98.8 Å². The third-order valence-electron chi connectivity index (χ3n) is 2.56. The lowest BCUT2D eigenvalue weighted by Crippen LogP contribution is -2.31. The van der Waals surface area contributed by atoms with E-state index in [4.69, 9.17) is 11.6 Å². The standard InChI is InChI=1S/C10H13ClN4O/c1-6-12-8(11)5-9(13-6)14-7-3-4-15(2)10(7)16/h5,7H,3-4H2,1-2H3,(H,12,13,14). The first-order chi connectivity index (χ1) is 7.56. The number of carbonyl (C=O) groups excluding carboxylic acids is 1. The summed E-state index contributed by atoms with van der Waals surface area (Å²) in [6.07, 6.45) is 0.788. The number of rotatable bonds is 2. The fourth-order valence-electron chi connectivity index (χ4n) is 1.74. The summed E-state index contributed by atoms with van der Waals surface area (Å²) in [4.78, 5) is 21.5. The van der Waals surface area contributed by atoms with Crippen molar-refractivity contribution in [1.82, 2.24) is 14.9 Å². The molecule has 1 aromatic rings. The van der Waals surface area contributed by atoms with Crippen LogP contribution in [0.2, 0.25) is 5.15 Å². The number of nitrogens with one attached hydrogen (secondary N) is 1. The second-order valence-electron chi connectivity index (χ2n) is 3.87. The first-order valence-electron chi connectivity index (χ1n) is 5.09. The number of hydrogen-bond acceptors (Lipinski definition) is 4. The van der Waals surface area contributed by atoms with Gasteiger partial charge in [-0.05, 0) is 13.3 Å². The zero-order valence-electron chi connectivity index (χ0n) is 9.20. The number of anilines is 1. The molecular weight excluding hydrogens is 228 g/mol. The van der Waals surface area contributed by atoms with Crippen LogP contribution in [0.1, 0.15) is 12.2 Å². The molecule has 1 aliphatic rings. The third kappa shape index (κ3) is 2.24. The Balaban J connectivity index is 2.12. The lowest BCUT2D eigenvalue weighted by atomic mass is 10.2. The summed E-state index contributed by atoms with van der Waals surface area (Å²) in [5, 5.41) is 3.46. The molecule has 1 atom stereocenters. The van der Waals surface area contributed by atoms with Crippen LogP contribution in [0.25, 0.3) is 0 Å². The predicted molar refractivity (Wildman–Crippen MR) is 61.4 cm³/mol. The second-order valence-corrected chi connectivity index (χ2v) is 4.26. The van der Waals surface area contributed by atoms with E-state index in [1.807, 2.05) is 0 Å². The normalized spacial score (nSPS) is 20.3. The molecule has 0 radical (unpaired) electrons. The second kappa shape index (κ2) is 4.25. The van der Waals surface area contributed by atoms with E-state index in [-0.39, 0.29) is 11.9 Å². The first kappa shape index (κ1) is 11.1. The molecule has 5 nitrogen and oxygen atoms in total. The van der Waals surface area contributed by atoms with Gasteiger partial charge >= 0.3 is 0 Å². The van der Waals surface area contributed by atoms with Gasteiger partial charge in [0.05, 0.1) is 0 Å². The number of halogens is 1. The fraction of sp³-hybridized carbons (Fsp3) is 0.500. The van der Waals surface area contributed by atoms with Gasteiger partial charge in [-0.3, -0.25) is 4.79 Å². The maximum atomic E-state index is 11.7. The molecule has 2 heterocycles. The van der Waals surface area contributed by atoms with Crippen molar-refractivity contribution in [3.05, 3.63) is 17.0 Å². The largest absolute Gasteiger partial charge is 0.358 e. The number of carbonyl (C=O) groups is 1. The number of aryl methyl sites for hydroxylation is 1. The van der Waals surface area contributed by atoms with Crippen LogP contribution in [0.3, 0.4) is 0 Å². The van der Waals surface area contributed by atoms with Gasteiger partial charge in [0.25, 0.3) is 0 Å². The van der Waals surface area contributed by atoms with E-state index in [1.54, 1.807) is 24.9 Å². The van der Waals surface area contributed by atoms with Gasteiger partial charge in [-0.2, -0.15) is 0 Å². The summed E-state index contributed by atoms with van der Waals surface area (Å²) in [6.45, 7) is 2.54. The molecule has 2 rings (SSSR count). The molecule has 16 heavy (non-hydrogen) atoms. The summed E-state index contributed by atoms with van der Waals surface area (Å²) in [6, 6.07) is 1.43. The molecule has 0 aliphatic carbocycles. The predicted octanol–water partition coefficient (Wildman–Crippen LogP) is 1.08. The maximum absolute atomic E-state index is 11.7. The van der Waals surface area contributed by atoms with Gasteiger partial charge in [-0.1, -0.05) is 11.6 Å². The van der Waals surface area contributed by atoms with Crippen molar-refractivity contribution in [2.75, 3.05) is 18.9 Å². The van der Waals surface area contributed by atoms with Crippen molar-refractivity contribution in [3.8, 4) is 0 Å². The minimum Gasteiger partial charge on any atom is -0.358 e. The van der Waals surface area contributed by atoms with E-state index in [0.717, 1.165) is 13.0 Å². The third-order valence-corrected chi connectivity index (χ3v) is 2.75. The van der Waals surface area contributed by atoms with Crippen LogP contribution < -0.4 is 5.32 Å². The molecule has 1 fully saturated rings. The zero-order chi connectivity index (χ0) is 11.7. The number of aromatic nitrogens is 2. The zero-order valence-corrected chi connectivity index (χ0v) is 9.95. The van der Waals surface area contributed by atoms with Crippen LogP contribution in [0.4, 0.5) is 5.82 Å². The highest BCUT2D eigenvalue weighted by molar-refractivity contribution is 6.29. The molecular formula is C10H13ClN4O. The number of amides is 1. The van der Waals surface area contributed by atoms with Crippen molar-refractivity contribution >= 4 is 23.3 Å². The van der Waals surface area contributed by atoms with E-state index in [9.17, 15) is 4.79 Å². The van der Waals surface area contributed by atoms with E-state index in [1.165, 1.54) is 0 Å². The Morgan fingerprint density at radius 2 is 2.31 bits per heavy atom. The Bertz CT molecular complexity index is 403. The van der Waals surface area contributed by atoms with Crippen molar-refractivity contribution in [2.24, 2.45) is 0 Å². The van der Waals surface area contributed by atoms with Crippen LogP contribution in [0.15, 0.2) is 6.07 Å². The molecule has 1 N–H and O–H groups in total. The average Bonchev–Trinajstić information content (AvgIpc) is 2.48. The Hall–Kier alpha value is -1.36. The summed E-state index contributed by atoms with van der Waals surface area (Å²) in [5.74, 6) is 1.28. The molecule has 1 amide bonds. The highest BCUT2D eigenvalue weighted by Gasteiger charge is 2.29. The molecule has 0 bridgehead atoms. The molecule has 0 saturated carbocycles. The van der Waals surface area contributed by atoms with Crippen molar-refractivity contribution in [3.63, 3.8) is 0 Å². The maximum Gasteiger partial charge on any atom is 0.244 e. The van der Waals surface area contributed by atoms with Gasteiger partial charge in [-0.25, -0.2) is 9.97 Å². The molecule has 1 aromatic heterocycles. The number of nitrogens with zero attached hydrogens (tertiary/aromatic N) is 3. The van der Waals surface area contributed by atoms with Crippen molar-refractivity contribution in [2.45, 2.75) is 19.4 Å². The SMILES string of the molecule is Cc1nc(Cl)cc(NC2CCN(C)C2=O)n1. The molecule has 86 valence electrons. The van der Waals surface area contributed by atoms with Crippen LogP contribution in [0, 0.1) is 6.92 Å². The van der Waals surface area contributed by atoms with Gasteiger partial charge in [0, 0.05) is 19.7 Å². The van der Waals surface area contributed by atoms with Gasteiger partial charge in [-0.15, -0.1) is 0 Å². The minimum absolute atomic E-state index is 0.0902. The molecule has 0 aromatic carbocycles. The summed E-state index contributed by atoms with van der Waals surface area (Å²) >= 11 is 5.81. The van der Waals surface area contributed by atoms with Crippen LogP contribution in [0.5, 0.6) is 0 Å². The van der Waals surface area contributed by atoms with Crippen LogP contribution in [-0.4, -0.2) is 40.4 Å². The van der Waals surface area contributed by atoms with E-state index >= 15 is 0 Å². The highest BCUT2D eigenvalue weighted by atomic mass is 35.5. The van der Waals surface area contributed by atoms with E-state index in [0.29, 0.717) is 16.8 Å². The monoisotopic (exact) mass is 240 g/mol. The highest BCUT2D eigenvalue weighted by Crippen LogP contribution is 2.16. The summed E-state index contributed by atoms with van der Waals surface area (Å²) < 4.78 is 0. The quantitative estimate of drug-likeness (QED) is 0.786. The molecule has 6 heteroatoms. The molecule has 1 unspecified atom stereocenters.